The predicted octanol–water partition coefficient (Wildman–Crippen LogP) is 3.67. The van der Waals surface area contributed by atoms with Gasteiger partial charge >= 0.3 is 5.63 Å². The first-order chi connectivity index (χ1) is 8.95. The van der Waals surface area contributed by atoms with Gasteiger partial charge in [-0.15, -0.1) is 23.2 Å². The quantitative estimate of drug-likeness (QED) is 0.641. The molecule has 1 fully saturated rings. The van der Waals surface area contributed by atoms with Crippen LogP contribution in [0, 0.1) is 12.8 Å². The Morgan fingerprint density at radius 3 is 2.84 bits per heavy atom. The monoisotopic (exact) mass is 298 g/mol. The second kappa shape index (κ2) is 4.43. The molecule has 1 saturated carbocycles. The standard InChI is InChI=1S/C14H12Cl2O3/c1-8-4-13(17)19-12-5-10(2-3-11(8)12)18-7-9-6-14(9,15)16/h2-5,9H,6-7H2,1H3/t9-/m0/s1. The van der Waals surface area contributed by atoms with E-state index < -0.39 is 4.33 Å². The zero-order chi connectivity index (χ0) is 13.6. The van der Waals surface area contributed by atoms with Crippen molar-refractivity contribution in [3.8, 4) is 5.75 Å². The summed E-state index contributed by atoms with van der Waals surface area (Å²) in [5.41, 5.74) is 1.06. The number of aryl methyl sites for hydroxylation is 1. The molecule has 19 heavy (non-hydrogen) atoms. The highest BCUT2D eigenvalue weighted by atomic mass is 35.5. The van der Waals surface area contributed by atoms with Crippen LogP contribution in [-0.4, -0.2) is 10.9 Å². The minimum absolute atomic E-state index is 0.163. The molecule has 100 valence electrons. The second-order valence-corrected chi connectivity index (χ2v) is 6.42. The fourth-order valence-electron chi connectivity index (χ4n) is 2.04. The zero-order valence-corrected chi connectivity index (χ0v) is 11.8. The van der Waals surface area contributed by atoms with E-state index in [2.05, 4.69) is 0 Å². The van der Waals surface area contributed by atoms with E-state index in [0.29, 0.717) is 17.9 Å². The summed E-state index contributed by atoms with van der Waals surface area (Å²) in [6.45, 7) is 2.34. The van der Waals surface area contributed by atoms with Gasteiger partial charge in [0.05, 0.1) is 6.61 Å². The van der Waals surface area contributed by atoms with Gasteiger partial charge in [0.1, 0.15) is 15.7 Å². The van der Waals surface area contributed by atoms with Crippen LogP contribution in [0.5, 0.6) is 5.75 Å². The number of hydrogen-bond acceptors (Lipinski definition) is 3. The van der Waals surface area contributed by atoms with E-state index in [1.54, 1.807) is 6.07 Å². The summed E-state index contributed by atoms with van der Waals surface area (Å²) in [6.07, 6.45) is 0.748. The molecule has 0 saturated heterocycles. The smallest absolute Gasteiger partial charge is 0.336 e. The summed E-state index contributed by atoms with van der Waals surface area (Å²) in [4.78, 5) is 11.3. The average molecular weight is 299 g/mol. The molecule has 2 aromatic rings. The molecule has 1 aromatic heterocycles. The Morgan fingerprint density at radius 1 is 1.42 bits per heavy atom. The van der Waals surface area contributed by atoms with Crippen LogP contribution in [0.15, 0.2) is 33.5 Å². The zero-order valence-electron chi connectivity index (χ0n) is 10.3. The number of benzene rings is 1. The predicted molar refractivity (Wildman–Crippen MR) is 75.3 cm³/mol. The van der Waals surface area contributed by atoms with Crippen LogP contribution in [0.2, 0.25) is 0 Å². The lowest BCUT2D eigenvalue weighted by Gasteiger charge is -2.07. The van der Waals surface area contributed by atoms with Gasteiger partial charge in [-0.2, -0.15) is 0 Å². The van der Waals surface area contributed by atoms with Crippen molar-refractivity contribution in [2.75, 3.05) is 6.61 Å². The molecule has 1 aromatic carbocycles. The van der Waals surface area contributed by atoms with E-state index in [1.807, 2.05) is 19.1 Å². The fourth-order valence-corrected chi connectivity index (χ4v) is 2.54. The molecule has 1 heterocycles. The molecule has 3 rings (SSSR count). The number of halogens is 2. The molecule has 0 spiro atoms. The largest absolute Gasteiger partial charge is 0.493 e. The van der Waals surface area contributed by atoms with E-state index in [-0.39, 0.29) is 11.5 Å². The van der Waals surface area contributed by atoms with Crippen molar-refractivity contribution in [2.24, 2.45) is 5.92 Å². The van der Waals surface area contributed by atoms with Crippen molar-refractivity contribution in [3.05, 3.63) is 40.2 Å². The second-order valence-electron chi connectivity index (χ2n) is 4.88. The lowest BCUT2D eigenvalue weighted by molar-refractivity contribution is 0.298. The van der Waals surface area contributed by atoms with Gasteiger partial charge in [0.25, 0.3) is 0 Å². The first-order valence-electron chi connectivity index (χ1n) is 6.01. The summed E-state index contributed by atoms with van der Waals surface area (Å²) in [5, 5.41) is 0.905. The molecule has 0 radical (unpaired) electrons. The molecular weight excluding hydrogens is 287 g/mol. The average Bonchev–Trinajstić information content (AvgIpc) is 2.94. The third kappa shape index (κ3) is 2.58. The number of rotatable bonds is 3. The van der Waals surface area contributed by atoms with Crippen LogP contribution in [0.1, 0.15) is 12.0 Å². The summed E-state index contributed by atoms with van der Waals surface area (Å²) in [6, 6.07) is 6.92. The van der Waals surface area contributed by atoms with Crippen LogP contribution in [-0.2, 0) is 0 Å². The van der Waals surface area contributed by atoms with Gasteiger partial charge in [-0.05, 0) is 31.0 Å². The topological polar surface area (TPSA) is 39.4 Å². The lowest BCUT2D eigenvalue weighted by Crippen LogP contribution is -2.04. The van der Waals surface area contributed by atoms with Crippen molar-refractivity contribution in [3.63, 3.8) is 0 Å². The third-order valence-electron chi connectivity index (χ3n) is 3.33. The SMILES string of the molecule is Cc1cc(=O)oc2cc(OC[C@@H]3CC3(Cl)Cl)ccc12. The molecule has 0 N–H and O–H groups in total. The summed E-state index contributed by atoms with van der Waals surface area (Å²) in [7, 11) is 0. The highest BCUT2D eigenvalue weighted by Gasteiger charge is 2.52. The Kier molecular flexibility index (Phi) is 2.99. The van der Waals surface area contributed by atoms with E-state index in [9.17, 15) is 4.79 Å². The summed E-state index contributed by atoms with van der Waals surface area (Å²) >= 11 is 11.9. The molecule has 0 bridgehead atoms. The van der Waals surface area contributed by atoms with Crippen LogP contribution < -0.4 is 10.4 Å². The molecular formula is C14H12Cl2O3. The van der Waals surface area contributed by atoms with Crippen LogP contribution in [0.25, 0.3) is 11.0 Å². The van der Waals surface area contributed by atoms with Crippen molar-refractivity contribution in [1.82, 2.24) is 0 Å². The van der Waals surface area contributed by atoms with Crippen molar-refractivity contribution in [2.45, 2.75) is 17.7 Å². The number of hydrogen-bond donors (Lipinski definition) is 0. The van der Waals surface area contributed by atoms with Crippen molar-refractivity contribution >= 4 is 34.2 Å². The first-order valence-corrected chi connectivity index (χ1v) is 6.76. The Balaban J connectivity index is 1.83. The minimum atomic E-state index is -0.639. The van der Waals surface area contributed by atoms with Crippen LogP contribution in [0.3, 0.4) is 0 Å². The van der Waals surface area contributed by atoms with Gasteiger partial charge in [0, 0.05) is 23.4 Å². The van der Waals surface area contributed by atoms with E-state index >= 15 is 0 Å². The van der Waals surface area contributed by atoms with Gasteiger partial charge in [-0.3, -0.25) is 0 Å². The Hall–Kier alpha value is -1.19. The number of ether oxygens (including phenoxy) is 1. The van der Waals surface area contributed by atoms with Gasteiger partial charge in [0.2, 0.25) is 0 Å². The molecule has 3 nitrogen and oxygen atoms in total. The molecule has 1 atom stereocenters. The van der Waals surface area contributed by atoms with Crippen LogP contribution in [0.4, 0.5) is 0 Å². The molecule has 5 heteroatoms. The molecule has 1 aliphatic rings. The maximum atomic E-state index is 11.3. The molecule has 1 aliphatic carbocycles. The molecule has 0 aliphatic heterocycles. The highest BCUT2D eigenvalue weighted by molar-refractivity contribution is 6.50. The molecule has 0 amide bonds. The normalized spacial score (nSPS) is 20.5. The van der Waals surface area contributed by atoms with Gasteiger partial charge in [-0.25, -0.2) is 4.79 Å². The third-order valence-corrected chi connectivity index (χ3v) is 4.26. The van der Waals surface area contributed by atoms with Gasteiger partial charge in [0.15, 0.2) is 0 Å². The Bertz CT molecular complexity index is 691. The van der Waals surface area contributed by atoms with Gasteiger partial charge in [-0.1, -0.05) is 0 Å². The van der Waals surface area contributed by atoms with E-state index in [1.165, 1.54) is 6.07 Å². The minimum Gasteiger partial charge on any atom is -0.493 e. The van der Waals surface area contributed by atoms with Crippen LogP contribution >= 0.6 is 23.2 Å². The maximum absolute atomic E-state index is 11.3. The Labute approximate surface area is 120 Å². The molecule has 0 unspecified atom stereocenters. The fraction of sp³-hybridized carbons (Fsp3) is 0.357. The van der Waals surface area contributed by atoms with E-state index in [4.69, 9.17) is 32.4 Å². The Morgan fingerprint density at radius 2 is 2.16 bits per heavy atom. The van der Waals surface area contributed by atoms with Crippen molar-refractivity contribution in [1.29, 1.82) is 0 Å². The van der Waals surface area contributed by atoms with Gasteiger partial charge < -0.3 is 9.15 Å². The summed E-state index contributed by atoms with van der Waals surface area (Å²) in [5.74, 6) is 0.813. The summed E-state index contributed by atoms with van der Waals surface area (Å²) < 4.78 is 10.1. The maximum Gasteiger partial charge on any atom is 0.336 e. The highest BCUT2D eigenvalue weighted by Crippen LogP contribution is 2.53. The number of fused-ring (bicyclic) bond motifs is 1. The lowest BCUT2D eigenvalue weighted by atomic mass is 10.1. The van der Waals surface area contributed by atoms with Crippen molar-refractivity contribution < 1.29 is 9.15 Å². The number of alkyl halides is 2. The first kappa shape index (κ1) is 12.8. The van der Waals surface area contributed by atoms with E-state index in [0.717, 1.165) is 17.4 Å².